The summed E-state index contributed by atoms with van der Waals surface area (Å²) in [7, 11) is 0. The topological polar surface area (TPSA) is 41.6 Å². The molecule has 5 heteroatoms. The fraction of sp³-hybridized carbons (Fsp3) is 0.682. The summed E-state index contributed by atoms with van der Waals surface area (Å²) >= 11 is 0. The van der Waals surface area contributed by atoms with Gasteiger partial charge in [-0.05, 0) is 77.2 Å². The van der Waals surface area contributed by atoms with Crippen LogP contribution in [0, 0.1) is 5.82 Å². The average Bonchev–Trinajstić information content (AvgIpc) is 2.60. The summed E-state index contributed by atoms with van der Waals surface area (Å²) in [5, 5.41) is 3.54. The SMILES string of the molecule is CCCC(NC1CCN(CCc2ccc(F)cc2)CC1)C(=O)OC(C)(C)C. The number of carbonyl (C=O) groups is 1. The van der Waals surface area contributed by atoms with E-state index in [9.17, 15) is 9.18 Å². The van der Waals surface area contributed by atoms with Gasteiger partial charge in [0.1, 0.15) is 17.5 Å². The number of nitrogens with zero attached hydrogens (tertiary/aromatic N) is 1. The van der Waals surface area contributed by atoms with Crippen molar-refractivity contribution in [2.75, 3.05) is 19.6 Å². The van der Waals surface area contributed by atoms with E-state index in [1.165, 1.54) is 17.7 Å². The Hall–Kier alpha value is -1.46. The molecule has 2 rings (SSSR count). The van der Waals surface area contributed by atoms with E-state index in [0.29, 0.717) is 6.04 Å². The van der Waals surface area contributed by atoms with Gasteiger partial charge in [0.2, 0.25) is 0 Å². The molecule has 27 heavy (non-hydrogen) atoms. The van der Waals surface area contributed by atoms with Gasteiger partial charge in [-0.25, -0.2) is 4.39 Å². The van der Waals surface area contributed by atoms with Gasteiger partial charge in [0, 0.05) is 12.6 Å². The fourth-order valence-corrected chi connectivity index (χ4v) is 3.48. The number of halogens is 1. The van der Waals surface area contributed by atoms with Crippen LogP contribution in [-0.4, -0.2) is 48.2 Å². The molecule has 0 aliphatic carbocycles. The third-order valence-corrected chi connectivity index (χ3v) is 4.92. The van der Waals surface area contributed by atoms with Crippen molar-refractivity contribution >= 4 is 5.97 Å². The van der Waals surface area contributed by atoms with Crippen molar-refractivity contribution in [1.82, 2.24) is 10.2 Å². The Labute approximate surface area is 163 Å². The van der Waals surface area contributed by atoms with E-state index in [0.717, 1.165) is 51.7 Å². The molecule has 1 aliphatic heterocycles. The smallest absolute Gasteiger partial charge is 0.323 e. The maximum Gasteiger partial charge on any atom is 0.323 e. The van der Waals surface area contributed by atoms with Gasteiger partial charge in [0.05, 0.1) is 0 Å². The number of esters is 1. The number of rotatable bonds is 8. The lowest BCUT2D eigenvalue weighted by Gasteiger charge is -2.34. The minimum Gasteiger partial charge on any atom is -0.459 e. The van der Waals surface area contributed by atoms with Gasteiger partial charge in [-0.15, -0.1) is 0 Å². The molecule has 1 unspecified atom stereocenters. The highest BCUT2D eigenvalue weighted by molar-refractivity contribution is 5.76. The normalized spacial score (nSPS) is 17.7. The molecule has 1 heterocycles. The van der Waals surface area contributed by atoms with Gasteiger partial charge in [-0.3, -0.25) is 4.79 Å². The van der Waals surface area contributed by atoms with Gasteiger partial charge in [0.15, 0.2) is 0 Å². The van der Waals surface area contributed by atoms with Crippen LogP contribution in [0.3, 0.4) is 0 Å². The first-order chi connectivity index (χ1) is 12.8. The largest absolute Gasteiger partial charge is 0.459 e. The fourth-order valence-electron chi connectivity index (χ4n) is 3.48. The highest BCUT2D eigenvalue weighted by Crippen LogP contribution is 2.16. The van der Waals surface area contributed by atoms with Crippen molar-refractivity contribution in [2.24, 2.45) is 0 Å². The molecule has 4 nitrogen and oxygen atoms in total. The first kappa shape index (κ1) is 21.8. The molecule has 1 saturated heterocycles. The lowest BCUT2D eigenvalue weighted by atomic mass is 10.0. The Kier molecular flexibility index (Phi) is 8.24. The first-order valence-electron chi connectivity index (χ1n) is 10.2. The minimum absolute atomic E-state index is 0.136. The summed E-state index contributed by atoms with van der Waals surface area (Å²) in [6.45, 7) is 10.9. The van der Waals surface area contributed by atoms with Crippen molar-refractivity contribution in [2.45, 2.75) is 77.5 Å². The molecule has 0 amide bonds. The molecular formula is C22H35FN2O2. The van der Waals surface area contributed by atoms with Crippen LogP contribution in [0.4, 0.5) is 4.39 Å². The van der Waals surface area contributed by atoms with Crippen molar-refractivity contribution in [3.05, 3.63) is 35.6 Å². The number of hydrogen-bond donors (Lipinski definition) is 1. The zero-order chi connectivity index (χ0) is 19.9. The van der Waals surface area contributed by atoms with Crippen LogP contribution in [0.25, 0.3) is 0 Å². The maximum atomic E-state index is 13.0. The average molecular weight is 379 g/mol. The van der Waals surface area contributed by atoms with E-state index in [-0.39, 0.29) is 17.8 Å². The highest BCUT2D eigenvalue weighted by Gasteiger charge is 2.28. The van der Waals surface area contributed by atoms with Crippen LogP contribution in [0.5, 0.6) is 0 Å². The van der Waals surface area contributed by atoms with E-state index in [1.807, 2.05) is 32.9 Å². The standard InChI is InChI=1S/C22H35FN2O2/c1-5-6-20(21(26)27-22(2,3)4)24-19-12-15-25(16-13-19)14-11-17-7-9-18(23)10-8-17/h7-10,19-20,24H,5-6,11-16H2,1-4H3. The summed E-state index contributed by atoms with van der Waals surface area (Å²) in [6, 6.07) is 6.91. The Bertz CT molecular complexity index is 575. The summed E-state index contributed by atoms with van der Waals surface area (Å²) < 4.78 is 18.6. The summed E-state index contributed by atoms with van der Waals surface area (Å²) in [5.41, 5.74) is 0.721. The Balaban J connectivity index is 1.76. The molecule has 0 spiro atoms. The first-order valence-corrected chi connectivity index (χ1v) is 10.2. The molecule has 0 aromatic heterocycles. The van der Waals surface area contributed by atoms with Gasteiger partial charge in [0.25, 0.3) is 0 Å². The Morgan fingerprint density at radius 1 is 1.26 bits per heavy atom. The third-order valence-electron chi connectivity index (χ3n) is 4.92. The van der Waals surface area contributed by atoms with Crippen molar-refractivity contribution in [3.63, 3.8) is 0 Å². The van der Waals surface area contributed by atoms with Gasteiger partial charge in [-0.2, -0.15) is 0 Å². The number of hydrogen-bond acceptors (Lipinski definition) is 4. The molecule has 0 saturated carbocycles. The number of carbonyl (C=O) groups excluding carboxylic acids is 1. The highest BCUT2D eigenvalue weighted by atomic mass is 19.1. The van der Waals surface area contributed by atoms with E-state index in [4.69, 9.17) is 4.74 Å². The van der Waals surface area contributed by atoms with Crippen LogP contribution >= 0.6 is 0 Å². The van der Waals surface area contributed by atoms with Gasteiger partial charge < -0.3 is 15.0 Å². The lowest BCUT2D eigenvalue weighted by Crippen LogP contribution is -2.50. The second-order valence-corrected chi connectivity index (χ2v) is 8.53. The van der Waals surface area contributed by atoms with E-state index < -0.39 is 5.60 Å². The summed E-state index contributed by atoms with van der Waals surface area (Å²) in [4.78, 5) is 14.9. The predicted octanol–water partition coefficient (Wildman–Crippen LogP) is 3.93. The predicted molar refractivity (Wildman–Crippen MR) is 107 cm³/mol. The Morgan fingerprint density at radius 3 is 2.44 bits per heavy atom. The molecule has 0 bridgehead atoms. The summed E-state index contributed by atoms with van der Waals surface area (Å²) in [5.74, 6) is -0.319. The molecule has 0 radical (unpaired) electrons. The number of benzene rings is 1. The van der Waals surface area contributed by atoms with Crippen LogP contribution < -0.4 is 5.32 Å². The van der Waals surface area contributed by atoms with Crippen molar-refractivity contribution < 1.29 is 13.9 Å². The quantitative estimate of drug-likeness (QED) is 0.696. The molecular weight excluding hydrogens is 343 g/mol. The molecule has 1 atom stereocenters. The molecule has 1 aliphatic rings. The number of piperidine rings is 1. The zero-order valence-corrected chi connectivity index (χ0v) is 17.3. The van der Waals surface area contributed by atoms with Crippen LogP contribution in [0.1, 0.15) is 58.9 Å². The van der Waals surface area contributed by atoms with Gasteiger partial charge >= 0.3 is 5.97 Å². The van der Waals surface area contributed by atoms with Crippen LogP contribution in [-0.2, 0) is 16.0 Å². The lowest BCUT2D eigenvalue weighted by molar-refractivity contribution is -0.158. The third kappa shape index (κ3) is 7.97. The molecule has 1 fully saturated rings. The molecule has 1 N–H and O–H groups in total. The Morgan fingerprint density at radius 2 is 1.89 bits per heavy atom. The monoisotopic (exact) mass is 378 g/mol. The second-order valence-electron chi connectivity index (χ2n) is 8.53. The van der Waals surface area contributed by atoms with Gasteiger partial charge in [-0.1, -0.05) is 25.5 Å². The van der Waals surface area contributed by atoms with Crippen LogP contribution in [0.2, 0.25) is 0 Å². The summed E-state index contributed by atoms with van der Waals surface area (Å²) in [6.07, 6.45) is 4.76. The van der Waals surface area contributed by atoms with E-state index in [2.05, 4.69) is 17.1 Å². The molecule has 1 aromatic carbocycles. The van der Waals surface area contributed by atoms with Crippen LogP contribution in [0.15, 0.2) is 24.3 Å². The molecule has 152 valence electrons. The molecule has 1 aromatic rings. The van der Waals surface area contributed by atoms with Crippen molar-refractivity contribution in [1.29, 1.82) is 0 Å². The number of ether oxygens (including phenoxy) is 1. The second kappa shape index (κ2) is 10.2. The van der Waals surface area contributed by atoms with Crippen molar-refractivity contribution in [3.8, 4) is 0 Å². The number of nitrogens with one attached hydrogen (secondary N) is 1. The maximum absolute atomic E-state index is 13.0. The minimum atomic E-state index is -0.450. The number of likely N-dealkylation sites (tertiary alicyclic amines) is 1. The van der Waals surface area contributed by atoms with E-state index >= 15 is 0 Å². The zero-order valence-electron chi connectivity index (χ0n) is 17.3. The van der Waals surface area contributed by atoms with E-state index in [1.54, 1.807) is 0 Å².